The summed E-state index contributed by atoms with van der Waals surface area (Å²) in [6.45, 7) is 28.2. The Morgan fingerprint density at radius 1 is 0.653 bits per heavy atom. The molecule has 0 N–H and O–H groups in total. The molecule has 0 amide bonds. The van der Waals surface area contributed by atoms with E-state index in [0.717, 1.165) is 5.75 Å². The first-order valence-electron chi connectivity index (χ1n) is 18.1. The molecular weight excluding hydrogens is 688 g/mol. The zero-order valence-electron chi connectivity index (χ0n) is 32.3. The van der Waals surface area contributed by atoms with Gasteiger partial charge in [-0.1, -0.05) is 0 Å². The van der Waals surface area contributed by atoms with Gasteiger partial charge in [-0.25, -0.2) is 0 Å². The molecule has 6 rings (SSSR count). The SMILES string of the molecule is COc1c(C(C)(C)C)cc2c(c1-c1cc(C)cc(C)c1)C=C(C)[CH]2[Zr]([CH]=[SiH2])([CH](C)C)[CH]1C(C)=Cc2c(-c3cc(C)cc(C)c3)cc(C)cc21. The number of benzene rings is 4. The van der Waals surface area contributed by atoms with Crippen LogP contribution in [0.25, 0.3) is 34.4 Å². The van der Waals surface area contributed by atoms with Crippen molar-refractivity contribution in [2.45, 2.75) is 99.4 Å². The molecule has 49 heavy (non-hydrogen) atoms. The number of fused-ring (bicyclic) bond motifs is 2. The van der Waals surface area contributed by atoms with E-state index in [2.05, 4.69) is 163 Å². The van der Waals surface area contributed by atoms with Crippen LogP contribution in [0.2, 0.25) is 3.63 Å². The van der Waals surface area contributed by atoms with E-state index < -0.39 is 20.3 Å². The van der Waals surface area contributed by atoms with Crippen LogP contribution in [0.1, 0.15) is 111 Å². The summed E-state index contributed by atoms with van der Waals surface area (Å²) in [5, 5.41) is 0. The van der Waals surface area contributed by atoms with Crippen molar-refractivity contribution >= 4 is 25.4 Å². The topological polar surface area (TPSA) is 9.23 Å². The number of hydrogen-bond acceptors (Lipinski definition) is 1. The Bertz CT molecular complexity index is 2030. The van der Waals surface area contributed by atoms with E-state index in [1.807, 2.05) is 7.11 Å². The van der Waals surface area contributed by atoms with Gasteiger partial charge < -0.3 is 0 Å². The zero-order chi connectivity index (χ0) is 35.7. The molecular formula is C46H56OSiZr. The molecule has 0 saturated carbocycles. The number of ether oxygens (including phenoxy) is 1. The summed E-state index contributed by atoms with van der Waals surface area (Å²) < 4.78 is 10.7. The summed E-state index contributed by atoms with van der Waals surface area (Å²) in [7, 11) is 4.02. The Hall–Kier alpha value is -2.87. The van der Waals surface area contributed by atoms with Crippen LogP contribution in [0, 0.1) is 34.6 Å². The molecule has 254 valence electrons. The number of hydrogen-bond donors (Lipinski definition) is 0. The van der Waals surface area contributed by atoms with Crippen molar-refractivity contribution in [2.75, 3.05) is 7.11 Å². The molecule has 0 bridgehead atoms. The molecule has 2 aliphatic carbocycles. The predicted octanol–water partition coefficient (Wildman–Crippen LogP) is 11.9. The fraction of sp³-hybridized carbons (Fsp3) is 0.370. The van der Waals surface area contributed by atoms with Crippen molar-refractivity contribution in [1.29, 1.82) is 0 Å². The normalized spacial score (nSPS) is 18.2. The molecule has 0 aliphatic heterocycles. The molecule has 4 aromatic carbocycles. The second-order valence-electron chi connectivity index (χ2n) is 16.7. The molecule has 0 aromatic heterocycles. The van der Waals surface area contributed by atoms with Crippen LogP contribution in [0.4, 0.5) is 0 Å². The fourth-order valence-corrected chi connectivity index (χ4v) is 29.7. The number of methoxy groups -OCH3 is 1. The molecule has 0 heterocycles. The first-order chi connectivity index (χ1) is 23.0. The molecule has 0 fully saturated rings. The second-order valence-corrected chi connectivity index (χ2v) is 30.7. The van der Waals surface area contributed by atoms with E-state index in [0.29, 0.717) is 10.9 Å². The first-order valence-corrected chi connectivity index (χ1v) is 24.6. The monoisotopic (exact) mass is 742 g/mol. The van der Waals surface area contributed by atoms with Gasteiger partial charge in [0, 0.05) is 0 Å². The summed E-state index contributed by atoms with van der Waals surface area (Å²) in [6.07, 6.45) is 5.12. The van der Waals surface area contributed by atoms with Gasteiger partial charge in [0.2, 0.25) is 0 Å². The van der Waals surface area contributed by atoms with Gasteiger partial charge in [0.15, 0.2) is 0 Å². The van der Waals surface area contributed by atoms with Gasteiger partial charge >= 0.3 is 306 Å². The maximum absolute atomic E-state index is 6.41. The van der Waals surface area contributed by atoms with Crippen LogP contribution in [-0.2, 0) is 25.7 Å². The Balaban J connectivity index is 1.66. The van der Waals surface area contributed by atoms with Gasteiger partial charge in [0.25, 0.3) is 0 Å². The molecule has 0 radical (unpaired) electrons. The van der Waals surface area contributed by atoms with E-state index in [1.54, 1.807) is 11.1 Å². The summed E-state index contributed by atoms with van der Waals surface area (Å²) in [4.78, 5) is 0. The third-order valence-corrected chi connectivity index (χ3v) is 30.9. The van der Waals surface area contributed by atoms with E-state index in [-0.39, 0.29) is 5.41 Å². The van der Waals surface area contributed by atoms with Gasteiger partial charge in [0.1, 0.15) is 0 Å². The second kappa shape index (κ2) is 13.0. The van der Waals surface area contributed by atoms with E-state index in [9.17, 15) is 0 Å². The quantitative estimate of drug-likeness (QED) is 0.171. The van der Waals surface area contributed by atoms with Crippen molar-refractivity contribution in [3.63, 3.8) is 0 Å². The molecule has 0 spiro atoms. The molecule has 0 saturated heterocycles. The number of allylic oxidation sites excluding steroid dienone is 2. The van der Waals surface area contributed by atoms with Crippen molar-refractivity contribution < 1.29 is 25.0 Å². The number of aryl methyl sites for hydroxylation is 5. The van der Waals surface area contributed by atoms with Crippen LogP contribution < -0.4 is 4.74 Å². The van der Waals surface area contributed by atoms with Gasteiger partial charge in [0.05, 0.1) is 0 Å². The Labute approximate surface area is 304 Å². The maximum atomic E-state index is 6.41. The Kier molecular flexibility index (Phi) is 9.56. The van der Waals surface area contributed by atoms with Crippen LogP contribution >= 0.6 is 0 Å². The van der Waals surface area contributed by atoms with Crippen molar-refractivity contribution in [2.24, 2.45) is 0 Å². The van der Waals surface area contributed by atoms with Crippen molar-refractivity contribution in [3.8, 4) is 28.0 Å². The zero-order valence-corrected chi connectivity index (χ0v) is 36.1. The van der Waals surface area contributed by atoms with Crippen molar-refractivity contribution in [3.05, 3.63) is 121 Å². The summed E-state index contributed by atoms with van der Waals surface area (Å²) in [5.41, 5.74) is 22.1. The third-order valence-electron chi connectivity index (χ3n) is 11.4. The average Bonchev–Trinajstić information content (AvgIpc) is 3.51. The van der Waals surface area contributed by atoms with Crippen LogP contribution in [0.5, 0.6) is 5.75 Å². The molecule has 2 aliphatic rings. The minimum absolute atomic E-state index is 0.0730. The average molecular weight is 744 g/mol. The molecule has 4 aromatic rings. The van der Waals surface area contributed by atoms with Crippen LogP contribution in [-0.4, -0.2) is 20.3 Å². The van der Waals surface area contributed by atoms with Gasteiger partial charge in [-0.05, 0) is 0 Å². The minimum atomic E-state index is -3.44. The van der Waals surface area contributed by atoms with Crippen LogP contribution in [0.3, 0.4) is 0 Å². The fourth-order valence-electron chi connectivity index (χ4n) is 9.61. The Morgan fingerprint density at radius 2 is 1.12 bits per heavy atom. The molecule has 1 nitrogen and oxygen atoms in total. The Morgan fingerprint density at radius 3 is 1.59 bits per heavy atom. The molecule has 3 atom stereocenters. The first kappa shape index (κ1) is 35.9. The van der Waals surface area contributed by atoms with Gasteiger partial charge in [-0.3, -0.25) is 0 Å². The molecule has 3 heteroatoms. The van der Waals surface area contributed by atoms with E-state index in [4.69, 9.17) is 4.74 Å². The van der Waals surface area contributed by atoms with Crippen molar-refractivity contribution in [1.82, 2.24) is 0 Å². The standard InChI is InChI=1S/C23H27O.C19H19.C3H7.CH3Si.Zr/c1-14-8-15(2)11-18(10-14)21-19-12-16(3)9-17(19)13-20(22(21)24-7)23(4,5)6;1-12-5-13(2)7-16(6-12)18-10-14(3)8-17-9-15(4)11-19(17)18;1-3-2;1-2;/h8-13H,1-7H3;5-11H,1-4H3;3H,1-2H3;1H,2H2;. The summed E-state index contributed by atoms with van der Waals surface area (Å²) >= 11 is -3.44. The van der Waals surface area contributed by atoms with Crippen LogP contribution in [0.15, 0.2) is 65.7 Å². The van der Waals surface area contributed by atoms with E-state index >= 15 is 0 Å². The predicted molar refractivity (Wildman–Crippen MR) is 215 cm³/mol. The summed E-state index contributed by atoms with van der Waals surface area (Å²) in [5.74, 6) is 1.03. The third kappa shape index (κ3) is 6.02. The molecule has 3 unspecified atom stereocenters. The van der Waals surface area contributed by atoms with E-state index in [1.165, 1.54) is 77.9 Å². The number of rotatable bonds is 7. The summed E-state index contributed by atoms with van der Waals surface area (Å²) in [6, 6.07) is 21.6. The van der Waals surface area contributed by atoms with Gasteiger partial charge in [-0.15, -0.1) is 0 Å². The van der Waals surface area contributed by atoms with Gasteiger partial charge in [-0.2, -0.15) is 0 Å².